The molecule has 5 rings (SSSR count). The van der Waals surface area contributed by atoms with Gasteiger partial charge >= 0.3 is 0 Å². The first-order valence-electron chi connectivity index (χ1n) is 9.28. The Morgan fingerprint density at radius 1 is 1.23 bits per heavy atom. The van der Waals surface area contributed by atoms with Crippen molar-refractivity contribution in [2.45, 2.75) is 6.04 Å². The lowest BCUT2D eigenvalue weighted by atomic mass is 9.98. The van der Waals surface area contributed by atoms with Crippen LogP contribution in [0.2, 0.25) is 0 Å². The third-order valence-electron chi connectivity index (χ3n) is 4.95. The van der Waals surface area contributed by atoms with Crippen molar-refractivity contribution in [2.24, 2.45) is 0 Å². The summed E-state index contributed by atoms with van der Waals surface area (Å²) >= 11 is 1.16. The van der Waals surface area contributed by atoms with Crippen molar-refractivity contribution >= 4 is 33.3 Å². The van der Waals surface area contributed by atoms with Crippen LogP contribution >= 0.6 is 11.3 Å². The van der Waals surface area contributed by atoms with Gasteiger partial charge in [0.2, 0.25) is 10.9 Å². The van der Waals surface area contributed by atoms with Crippen LogP contribution in [0.1, 0.15) is 27.7 Å². The number of halogens is 1. The molecule has 0 N–H and O–H groups in total. The van der Waals surface area contributed by atoms with Gasteiger partial charge in [0, 0.05) is 0 Å². The van der Waals surface area contributed by atoms with Gasteiger partial charge in [-0.1, -0.05) is 36.1 Å². The lowest BCUT2D eigenvalue weighted by molar-refractivity contribution is 0.0970. The van der Waals surface area contributed by atoms with E-state index in [-0.39, 0.29) is 22.3 Å². The predicted octanol–water partition coefficient (Wildman–Crippen LogP) is 4.10. The molecule has 0 radical (unpaired) electrons. The SMILES string of the molecule is C=CCOc1ccc(C2c3c(oc4ccc(F)cc4c3=O)C(=O)N2c2nncs2)cc1. The molecule has 1 unspecified atom stereocenters. The topological polar surface area (TPSA) is 85.5 Å². The fraction of sp³-hybridized carbons (Fsp3) is 0.0909. The van der Waals surface area contributed by atoms with Crippen LogP contribution in [-0.4, -0.2) is 22.7 Å². The van der Waals surface area contributed by atoms with Gasteiger partial charge in [-0.15, -0.1) is 10.2 Å². The fourth-order valence-corrected chi connectivity index (χ4v) is 4.22. The summed E-state index contributed by atoms with van der Waals surface area (Å²) in [7, 11) is 0. The average Bonchev–Trinajstić information content (AvgIpc) is 3.40. The molecular weight excluding hydrogens is 421 g/mol. The van der Waals surface area contributed by atoms with Crippen molar-refractivity contribution in [3.05, 3.63) is 93.6 Å². The third kappa shape index (κ3) is 3.10. The number of carbonyl (C=O) groups excluding carboxylic acids is 1. The summed E-state index contributed by atoms with van der Waals surface area (Å²) in [4.78, 5) is 28.0. The van der Waals surface area contributed by atoms with E-state index >= 15 is 0 Å². The van der Waals surface area contributed by atoms with Crippen LogP contribution in [0.4, 0.5) is 9.52 Å². The van der Waals surface area contributed by atoms with Gasteiger partial charge < -0.3 is 9.15 Å². The minimum absolute atomic E-state index is 0.0709. The Labute approximate surface area is 179 Å². The Morgan fingerprint density at radius 3 is 2.74 bits per heavy atom. The number of amides is 1. The van der Waals surface area contributed by atoms with Crippen molar-refractivity contribution in [2.75, 3.05) is 11.5 Å². The first-order valence-corrected chi connectivity index (χ1v) is 10.2. The highest BCUT2D eigenvalue weighted by atomic mass is 32.1. The number of carbonyl (C=O) groups is 1. The molecule has 1 atom stereocenters. The fourth-order valence-electron chi connectivity index (χ4n) is 3.63. The van der Waals surface area contributed by atoms with Crippen LogP contribution in [0.3, 0.4) is 0 Å². The maximum Gasteiger partial charge on any atom is 0.297 e. The molecule has 4 aromatic rings. The molecule has 31 heavy (non-hydrogen) atoms. The van der Waals surface area contributed by atoms with Gasteiger partial charge in [-0.25, -0.2) is 4.39 Å². The van der Waals surface area contributed by atoms with Gasteiger partial charge in [0.15, 0.2) is 5.43 Å². The minimum Gasteiger partial charge on any atom is -0.490 e. The highest BCUT2D eigenvalue weighted by Crippen LogP contribution is 2.41. The summed E-state index contributed by atoms with van der Waals surface area (Å²) in [5.41, 5.74) is 1.96. The third-order valence-corrected chi connectivity index (χ3v) is 5.64. The van der Waals surface area contributed by atoms with Crippen molar-refractivity contribution in [1.82, 2.24) is 10.2 Å². The number of fused-ring (bicyclic) bond motifs is 2. The monoisotopic (exact) mass is 435 g/mol. The van der Waals surface area contributed by atoms with E-state index in [2.05, 4.69) is 16.8 Å². The van der Waals surface area contributed by atoms with Gasteiger partial charge in [0.05, 0.1) is 17.0 Å². The summed E-state index contributed by atoms with van der Waals surface area (Å²) in [5, 5.41) is 8.22. The van der Waals surface area contributed by atoms with Crippen LogP contribution in [-0.2, 0) is 0 Å². The van der Waals surface area contributed by atoms with Gasteiger partial charge in [-0.2, -0.15) is 0 Å². The molecule has 0 aliphatic carbocycles. The zero-order chi connectivity index (χ0) is 21.5. The van der Waals surface area contributed by atoms with E-state index < -0.39 is 23.2 Å². The zero-order valence-electron chi connectivity index (χ0n) is 15.9. The van der Waals surface area contributed by atoms with Crippen molar-refractivity contribution < 1.29 is 18.3 Å². The maximum absolute atomic E-state index is 13.8. The van der Waals surface area contributed by atoms with Gasteiger partial charge in [0.1, 0.15) is 29.3 Å². The molecule has 0 saturated carbocycles. The minimum atomic E-state index is -0.798. The van der Waals surface area contributed by atoms with E-state index in [1.807, 2.05) is 0 Å². The molecule has 0 saturated heterocycles. The number of hydrogen-bond acceptors (Lipinski definition) is 7. The Kier molecular flexibility index (Phi) is 4.59. The maximum atomic E-state index is 13.8. The van der Waals surface area contributed by atoms with Crippen LogP contribution in [0, 0.1) is 5.82 Å². The molecule has 9 heteroatoms. The number of anilines is 1. The standard InChI is InChI=1S/C22H14FN3O4S/c1-2-9-29-14-6-3-12(4-7-14)18-17-19(27)15-10-13(23)5-8-16(15)30-20(17)21(28)26(18)22-25-24-11-31-22/h2-8,10-11,18H,1,9H2. The van der Waals surface area contributed by atoms with Crippen LogP contribution < -0.4 is 15.1 Å². The number of ether oxygens (including phenoxy) is 1. The first kappa shape index (κ1) is 19.1. The quantitative estimate of drug-likeness (QED) is 0.439. The summed E-state index contributed by atoms with van der Waals surface area (Å²) in [5.74, 6) is -0.544. The molecule has 3 heterocycles. The van der Waals surface area contributed by atoms with Crippen molar-refractivity contribution in [3.63, 3.8) is 0 Å². The van der Waals surface area contributed by atoms with E-state index in [0.717, 1.165) is 17.4 Å². The molecule has 7 nitrogen and oxygen atoms in total. The van der Waals surface area contributed by atoms with Crippen molar-refractivity contribution in [3.8, 4) is 5.75 Å². The molecule has 154 valence electrons. The Balaban J connectivity index is 1.72. The summed E-state index contributed by atoms with van der Waals surface area (Å²) in [6.45, 7) is 3.97. The zero-order valence-corrected chi connectivity index (χ0v) is 16.8. The number of rotatable bonds is 5. The Bertz CT molecular complexity index is 1370. The second-order valence-electron chi connectivity index (χ2n) is 6.78. The first-order chi connectivity index (χ1) is 15.1. The largest absolute Gasteiger partial charge is 0.490 e. The number of aromatic nitrogens is 2. The molecular formula is C22H14FN3O4S. The lowest BCUT2D eigenvalue weighted by Crippen LogP contribution is -2.29. The van der Waals surface area contributed by atoms with Crippen LogP contribution in [0.5, 0.6) is 5.75 Å². The highest BCUT2D eigenvalue weighted by Gasteiger charge is 2.45. The molecule has 0 fully saturated rings. The van der Waals surface area contributed by atoms with E-state index in [1.165, 1.54) is 22.5 Å². The molecule has 1 aliphatic rings. The van der Waals surface area contributed by atoms with Crippen LogP contribution in [0.25, 0.3) is 11.0 Å². The Morgan fingerprint density at radius 2 is 2.03 bits per heavy atom. The van der Waals surface area contributed by atoms with E-state index in [4.69, 9.17) is 9.15 Å². The highest BCUT2D eigenvalue weighted by molar-refractivity contribution is 7.13. The number of benzene rings is 2. The molecule has 0 bridgehead atoms. The van der Waals surface area contributed by atoms with Crippen LogP contribution in [0.15, 0.2) is 69.8 Å². The summed E-state index contributed by atoms with van der Waals surface area (Å²) in [6, 6.07) is 9.83. The molecule has 0 spiro atoms. The van der Waals surface area contributed by atoms with E-state index in [0.29, 0.717) is 23.1 Å². The van der Waals surface area contributed by atoms with E-state index in [9.17, 15) is 14.0 Å². The molecule has 1 amide bonds. The number of hydrogen-bond donors (Lipinski definition) is 0. The van der Waals surface area contributed by atoms with Gasteiger partial charge in [0.25, 0.3) is 5.91 Å². The summed E-state index contributed by atoms with van der Waals surface area (Å²) in [6.07, 6.45) is 1.63. The second-order valence-corrected chi connectivity index (χ2v) is 7.59. The lowest BCUT2D eigenvalue weighted by Gasteiger charge is -2.22. The van der Waals surface area contributed by atoms with Gasteiger partial charge in [-0.05, 0) is 35.9 Å². The van der Waals surface area contributed by atoms with Crippen molar-refractivity contribution in [1.29, 1.82) is 0 Å². The van der Waals surface area contributed by atoms with E-state index in [1.54, 1.807) is 30.3 Å². The second kappa shape index (κ2) is 7.44. The molecule has 1 aliphatic heterocycles. The Hall–Kier alpha value is -3.85. The van der Waals surface area contributed by atoms with Gasteiger partial charge in [-0.3, -0.25) is 14.5 Å². The molecule has 2 aromatic carbocycles. The normalized spacial score (nSPS) is 15.3. The summed E-state index contributed by atoms with van der Waals surface area (Å²) < 4.78 is 25.1. The average molecular weight is 435 g/mol. The number of nitrogens with zero attached hydrogens (tertiary/aromatic N) is 3. The smallest absolute Gasteiger partial charge is 0.297 e. The molecule has 2 aromatic heterocycles. The predicted molar refractivity (Wildman–Crippen MR) is 113 cm³/mol.